The van der Waals surface area contributed by atoms with Crippen molar-refractivity contribution in [3.8, 4) is 0 Å². The van der Waals surface area contributed by atoms with E-state index in [1.807, 2.05) is 22.8 Å². The summed E-state index contributed by atoms with van der Waals surface area (Å²) in [7, 11) is 0. The molecule has 0 unspecified atom stereocenters. The van der Waals surface area contributed by atoms with E-state index in [0.29, 0.717) is 18.0 Å². The molecule has 1 saturated carbocycles. The summed E-state index contributed by atoms with van der Waals surface area (Å²) >= 11 is 0. The molecule has 2 aliphatic rings. The largest absolute Gasteiger partial charge is 0.395 e. The number of aromatic nitrogens is 2. The van der Waals surface area contributed by atoms with Crippen molar-refractivity contribution < 1.29 is 9.90 Å². The van der Waals surface area contributed by atoms with Gasteiger partial charge < -0.3 is 14.6 Å². The van der Waals surface area contributed by atoms with E-state index < -0.39 is 0 Å². The molecule has 2 heterocycles. The summed E-state index contributed by atoms with van der Waals surface area (Å²) in [6, 6.07) is 6.08. The van der Waals surface area contributed by atoms with Crippen LogP contribution in [-0.2, 0) is 6.54 Å². The van der Waals surface area contributed by atoms with Gasteiger partial charge in [0.15, 0.2) is 0 Å². The van der Waals surface area contributed by atoms with Gasteiger partial charge in [-0.15, -0.1) is 0 Å². The highest BCUT2D eigenvalue weighted by Crippen LogP contribution is 2.52. The molecular weight excluding hydrogens is 314 g/mol. The zero-order valence-electron chi connectivity index (χ0n) is 15.3. The first-order valence-corrected chi connectivity index (χ1v) is 9.17. The summed E-state index contributed by atoms with van der Waals surface area (Å²) in [6.07, 6.45) is 5.11. The molecule has 1 aromatic heterocycles. The molecule has 2 atom stereocenters. The third-order valence-electron chi connectivity index (χ3n) is 5.88. The fraction of sp³-hybridized carbons (Fsp3) is 0.600. The van der Waals surface area contributed by atoms with Crippen LogP contribution in [0.5, 0.6) is 0 Å². The van der Waals surface area contributed by atoms with Crippen LogP contribution in [0.3, 0.4) is 0 Å². The molecule has 4 rings (SSSR count). The van der Waals surface area contributed by atoms with Crippen LogP contribution in [0.2, 0.25) is 0 Å². The number of fused-ring (bicyclic) bond motifs is 3. The van der Waals surface area contributed by atoms with Crippen LogP contribution in [0.25, 0.3) is 11.0 Å². The van der Waals surface area contributed by atoms with Gasteiger partial charge in [0.1, 0.15) is 0 Å². The van der Waals surface area contributed by atoms with Crippen molar-refractivity contribution in [2.75, 3.05) is 13.2 Å². The molecule has 2 bridgehead atoms. The van der Waals surface area contributed by atoms with Crippen molar-refractivity contribution in [1.82, 2.24) is 14.5 Å². The smallest absolute Gasteiger partial charge is 0.254 e. The van der Waals surface area contributed by atoms with Crippen molar-refractivity contribution in [2.24, 2.45) is 10.8 Å². The van der Waals surface area contributed by atoms with E-state index in [0.717, 1.165) is 36.0 Å². The summed E-state index contributed by atoms with van der Waals surface area (Å²) in [5.74, 6) is 0.130. The van der Waals surface area contributed by atoms with Gasteiger partial charge >= 0.3 is 0 Å². The average Bonchev–Trinajstić information content (AvgIpc) is 3.04. The van der Waals surface area contributed by atoms with E-state index in [4.69, 9.17) is 5.11 Å². The van der Waals surface area contributed by atoms with Crippen LogP contribution in [0.1, 0.15) is 50.4 Å². The van der Waals surface area contributed by atoms with Gasteiger partial charge in [-0.3, -0.25) is 4.79 Å². The molecule has 0 spiro atoms. The number of aliphatic hydroxyl groups is 1. The monoisotopic (exact) mass is 341 g/mol. The van der Waals surface area contributed by atoms with E-state index in [2.05, 4.69) is 30.7 Å². The SMILES string of the molecule is CC1(C)C[C@@H]2C[C@@](C)(CN2C(=O)c2ccc3c(c2)ncn3CCO)C1. The fourth-order valence-corrected chi connectivity index (χ4v) is 5.35. The van der Waals surface area contributed by atoms with Crippen molar-refractivity contribution in [3.63, 3.8) is 0 Å². The lowest BCUT2D eigenvalue weighted by Gasteiger charge is -2.39. The molecule has 1 saturated heterocycles. The van der Waals surface area contributed by atoms with Gasteiger partial charge in [-0.1, -0.05) is 20.8 Å². The first-order chi connectivity index (χ1) is 11.8. The average molecular weight is 341 g/mol. The van der Waals surface area contributed by atoms with Crippen LogP contribution in [-0.4, -0.2) is 44.7 Å². The first-order valence-electron chi connectivity index (χ1n) is 9.17. The molecule has 1 aliphatic carbocycles. The minimum atomic E-state index is 0.0793. The number of likely N-dealkylation sites (tertiary alicyclic amines) is 1. The molecule has 2 aromatic rings. The minimum absolute atomic E-state index is 0.0793. The topological polar surface area (TPSA) is 58.4 Å². The third kappa shape index (κ3) is 2.84. The summed E-state index contributed by atoms with van der Waals surface area (Å²) in [6.45, 7) is 8.43. The van der Waals surface area contributed by atoms with Gasteiger partial charge in [0.2, 0.25) is 0 Å². The van der Waals surface area contributed by atoms with Crippen molar-refractivity contribution >= 4 is 16.9 Å². The quantitative estimate of drug-likeness (QED) is 0.933. The van der Waals surface area contributed by atoms with E-state index in [-0.39, 0.29) is 17.9 Å². The van der Waals surface area contributed by atoms with E-state index in [1.54, 1.807) is 6.33 Å². The van der Waals surface area contributed by atoms with Crippen molar-refractivity contribution in [2.45, 2.75) is 52.6 Å². The maximum absolute atomic E-state index is 13.2. The second-order valence-corrected chi connectivity index (χ2v) is 9.01. The first kappa shape index (κ1) is 16.6. The number of aliphatic hydroxyl groups excluding tert-OH is 1. The molecule has 1 aliphatic heterocycles. The maximum Gasteiger partial charge on any atom is 0.254 e. The van der Waals surface area contributed by atoms with Crippen LogP contribution in [0.15, 0.2) is 24.5 Å². The van der Waals surface area contributed by atoms with Crippen LogP contribution >= 0.6 is 0 Å². The number of hydrogen-bond acceptors (Lipinski definition) is 3. The van der Waals surface area contributed by atoms with Crippen LogP contribution in [0.4, 0.5) is 0 Å². The van der Waals surface area contributed by atoms with Crippen LogP contribution in [0, 0.1) is 10.8 Å². The second kappa shape index (κ2) is 5.56. The van der Waals surface area contributed by atoms with Gasteiger partial charge in [0.05, 0.1) is 24.0 Å². The Kier molecular flexibility index (Phi) is 3.69. The van der Waals surface area contributed by atoms with Crippen molar-refractivity contribution in [1.29, 1.82) is 0 Å². The van der Waals surface area contributed by atoms with Crippen LogP contribution < -0.4 is 0 Å². The summed E-state index contributed by atoms with van der Waals surface area (Å²) < 4.78 is 1.91. The molecular formula is C20H27N3O2. The zero-order chi connectivity index (χ0) is 17.8. The number of hydrogen-bond donors (Lipinski definition) is 1. The Morgan fingerprint density at radius 3 is 2.88 bits per heavy atom. The standard InChI is InChI=1S/C20H27N3O2/c1-19(2)9-15-10-20(3,11-19)12-23(15)18(25)14-4-5-17-16(8-14)21-13-22(17)6-7-24/h4-5,8,13,15,24H,6-7,9-12H2,1-3H3/t15-,20-/m1/s1. The summed E-state index contributed by atoms with van der Waals surface area (Å²) in [5, 5.41) is 9.13. The highest BCUT2D eigenvalue weighted by atomic mass is 16.3. The Hall–Kier alpha value is -1.88. The summed E-state index contributed by atoms with van der Waals surface area (Å²) in [5.41, 5.74) is 3.04. The number of nitrogens with zero attached hydrogens (tertiary/aromatic N) is 3. The van der Waals surface area contributed by atoms with E-state index in [9.17, 15) is 4.79 Å². The predicted molar refractivity (Wildman–Crippen MR) is 97.4 cm³/mol. The molecule has 0 radical (unpaired) electrons. The Labute approximate surface area is 148 Å². The lowest BCUT2D eigenvalue weighted by molar-refractivity contribution is 0.0708. The molecule has 5 heteroatoms. The maximum atomic E-state index is 13.2. The number of benzene rings is 1. The second-order valence-electron chi connectivity index (χ2n) is 9.01. The lowest BCUT2D eigenvalue weighted by atomic mass is 9.65. The van der Waals surface area contributed by atoms with Crippen molar-refractivity contribution in [3.05, 3.63) is 30.1 Å². The lowest BCUT2D eigenvalue weighted by Crippen LogP contribution is -2.37. The molecule has 2 fully saturated rings. The molecule has 25 heavy (non-hydrogen) atoms. The highest BCUT2D eigenvalue weighted by Gasteiger charge is 2.51. The number of carbonyl (C=O) groups is 1. The van der Waals surface area contributed by atoms with Gasteiger partial charge in [-0.2, -0.15) is 0 Å². The van der Waals surface area contributed by atoms with E-state index in [1.165, 1.54) is 6.42 Å². The normalized spacial score (nSPS) is 27.8. The van der Waals surface area contributed by atoms with Gasteiger partial charge in [-0.25, -0.2) is 4.98 Å². The summed E-state index contributed by atoms with van der Waals surface area (Å²) in [4.78, 5) is 19.7. The predicted octanol–water partition coefficient (Wildman–Crippen LogP) is 3.07. The molecule has 1 N–H and O–H groups in total. The minimum Gasteiger partial charge on any atom is -0.395 e. The Balaban J connectivity index is 1.62. The van der Waals surface area contributed by atoms with E-state index >= 15 is 0 Å². The van der Waals surface area contributed by atoms with Gasteiger partial charge in [0.25, 0.3) is 5.91 Å². The number of rotatable bonds is 3. The Bertz CT molecular complexity index is 825. The number of carbonyl (C=O) groups excluding carboxylic acids is 1. The highest BCUT2D eigenvalue weighted by molar-refractivity contribution is 5.97. The zero-order valence-corrected chi connectivity index (χ0v) is 15.3. The van der Waals surface area contributed by atoms with Gasteiger partial charge in [0, 0.05) is 24.7 Å². The third-order valence-corrected chi connectivity index (χ3v) is 5.88. The molecule has 5 nitrogen and oxygen atoms in total. The fourth-order valence-electron chi connectivity index (χ4n) is 5.35. The molecule has 1 amide bonds. The molecule has 134 valence electrons. The number of imidazole rings is 1. The van der Waals surface area contributed by atoms with Gasteiger partial charge in [-0.05, 0) is 48.3 Å². The Morgan fingerprint density at radius 1 is 1.32 bits per heavy atom. The molecule has 1 aromatic carbocycles. The number of amides is 1. The Morgan fingerprint density at radius 2 is 2.12 bits per heavy atom.